The maximum absolute atomic E-state index is 5.90. The van der Waals surface area contributed by atoms with Crippen molar-refractivity contribution in [3.63, 3.8) is 0 Å². The third kappa shape index (κ3) is 2.65. The summed E-state index contributed by atoms with van der Waals surface area (Å²) in [5.41, 5.74) is 8.58. The summed E-state index contributed by atoms with van der Waals surface area (Å²) in [5.74, 6) is 0. The molecule has 0 bridgehead atoms. The molecule has 0 saturated heterocycles. The fourth-order valence-corrected chi connectivity index (χ4v) is 1.77. The molecule has 1 aromatic carbocycles. The number of aromatic nitrogens is 1. The van der Waals surface area contributed by atoms with Crippen molar-refractivity contribution in [1.82, 2.24) is 9.88 Å². The van der Waals surface area contributed by atoms with Crippen LogP contribution < -0.4 is 11.1 Å². The van der Waals surface area contributed by atoms with Crippen LogP contribution in [0.4, 0.5) is 11.4 Å². The van der Waals surface area contributed by atoms with Crippen molar-refractivity contribution in [3.8, 4) is 0 Å². The van der Waals surface area contributed by atoms with Crippen LogP contribution in [0.15, 0.2) is 30.5 Å². The minimum Gasteiger partial charge on any atom is -0.397 e. The fraction of sp³-hybridized carbons (Fsp3) is 0.308. The third-order valence-corrected chi connectivity index (χ3v) is 2.68. The lowest BCUT2D eigenvalue weighted by Crippen LogP contribution is -2.20. The molecule has 0 spiro atoms. The highest BCUT2D eigenvalue weighted by molar-refractivity contribution is 5.97. The maximum atomic E-state index is 5.90. The van der Waals surface area contributed by atoms with E-state index in [9.17, 15) is 0 Å². The lowest BCUT2D eigenvalue weighted by Gasteiger charge is -2.13. The van der Waals surface area contributed by atoms with Gasteiger partial charge in [0.25, 0.3) is 0 Å². The number of likely N-dealkylation sites (N-methyl/N-ethyl adjacent to an activating group) is 1. The molecule has 4 heteroatoms. The van der Waals surface area contributed by atoms with E-state index in [1.807, 2.05) is 24.3 Å². The van der Waals surface area contributed by atoms with Crippen molar-refractivity contribution < 1.29 is 0 Å². The third-order valence-electron chi connectivity index (χ3n) is 2.68. The van der Waals surface area contributed by atoms with E-state index in [1.165, 1.54) is 0 Å². The van der Waals surface area contributed by atoms with E-state index in [1.54, 1.807) is 6.20 Å². The standard InChI is InChI=1S/C13H18N4/c1-17(2)9-8-15-12-6-7-16-13-10(12)4-3-5-11(13)14/h3-7H,8-9,14H2,1-2H3,(H,15,16). The van der Waals surface area contributed by atoms with Gasteiger partial charge >= 0.3 is 0 Å². The largest absolute Gasteiger partial charge is 0.397 e. The van der Waals surface area contributed by atoms with Gasteiger partial charge in [0.05, 0.1) is 11.2 Å². The number of nitrogens with one attached hydrogen (secondary N) is 1. The van der Waals surface area contributed by atoms with Gasteiger partial charge in [-0.1, -0.05) is 12.1 Å². The van der Waals surface area contributed by atoms with Gasteiger partial charge in [0.15, 0.2) is 0 Å². The van der Waals surface area contributed by atoms with Gasteiger partial charge in [0.1, 0.15) is 0 Å². The summed E-state index contributed by atoms with van der Waals surface area (Å²) >= 11 is 0. The number of nitrogens with two attached hydrogens (primary N) is 1. The van der Waals surface area contributed by atoms with Crippen molar-refractivity contribution in [2.24, 2.45) is 0 Å². The molecule has 0 unspecified atom stereocenters. The van der Waals surface area contributed by atoms with Crippen molar-refractivity contribution >= 4 is 22.3 Å². The molecule has 90 valence electrons. The van der Waals surface area contributed by atoms with Gasteiger partial charge in [-0.05, 0) is 26.2 Å². The zero-order valence-electron chi connectivity index (χ0n) is 10.3. The van der Waals surface area contributed by atoms with Crippen LogP contribution in [0.25, 0.3) is 10.9 Å². The second-order valence-corrected chi connectivity index (χ2v) is 4.33. The first-order valence-electron chi connectivity index (χ1n) is 5.70. The van der Waals surface area contributed by atoms with Gasteiger partial charge in [0, 0.05) is 30.4 Å². The number of nitrogen functional groups attached to an aromatic ring is 1. The first kappa shape index (κ1) is 11.7. The predicted octanol–water partition coefficient (Wildman–Crippen LogP) is 1.79. The van der Waals surface area contributed by atoms with E-state index >= 15 is 0 Å². The fourth-order valence-electron chi connectivity index (χ4n) is 1.77. The Hall–Kier alpha value is -1.81. The lowest BCUT2D eigenvalue weighted by molar-refractivity contribution is 0.425. The Morgan fingerprint density at radius 3 is 2.88 bits per heavy atom. The number of nitrogens with zero attached hydrogens (tertiary/aromatic N) is 2. The molecule has 0 amide bonds. The molecule has 1 aromatic heterocycles. The normalized spacial score (nSPS) is 11.0. The van der Waals surface area contributed by atoms with Crippen molar-refractivity contribution in [2.75, 3.05) is 38.2 Å². The van der Waals surface area contributed by atoms with Crippen molar-refractivity contribution in [3.05, 3.63) is 30.5 Å². The Morgan fingerprint density at radius 1 is 1.29 bits per heavy atom. The van der Waals surface area contributed by atoms with Crippen molar-refractivity contribution in [1.29, 1.82) is 0 Å². The molecule has 0 saturated carbocycles. The highest BCUT2D eigenvalue weighted by Gasteiger charge is 2.03. The summed E-state index contributed by atoms with van der Waals surface area (Å²) < 4.78 is 0. The van der Waals surface area contributed by atoms with Gasteiger partial charge < -0.3 is 16.0 Å². The van der Waals surface area contributed by atoms with Gasteiger partial charge in [-0.2, -0.15) is 0 Å². The molecule has 0 radical (unpaired) electrons. The molecule has 0 fully saturated rings. The minimum atomic E-state index is 0.721. The highest BCUT2D eigenvalue weighted by atomic mass is 15.1. The topological polar surface area (TPSA) is 54.2 Å². The highest BCUT2D eigenvalue weighted by Crippen LogP contribution is 2.25. The number of hydrogen-bond acceptors (Lipinski definition) is 4. The number of hydrogen-bond donors (Lipinski definition) is 2. The smallest absolute Gasteiger partial charge is 0.0951 e. The number of para-hydroxylation sites is 1. The van der Waals surface area contributed by atoms with E-state index in [0.29, 0.717) is 0 Å². The average Bonchev–Trinajstić information content (AvgIpc) is 2.30. The van der Waals surface area contributed by atoms with Gasteiger partial charge in [-0.25, -0.2) is 0 Å². The zero-order chi connectivity index (χ0) is 12.3. The Morgan fingerprint density at radius 2 is 2.12 bits per heavy atom. The number of anilines is 2. The van der Waals surface area contributed by atoms with Crippen LogP contribution in [-0.2, 0) is 0 Å². The van der Waals surface area contributed by atoms with Crippen LogP contribution in [0, 0.1) is 0 Å². The molecule has 0 atom stereocenters. The van der Waals surface area contributed by atoms with E-state index in [-0.39, 0.29) is 0 Å². The van der Waals surface area contributed by atoms with E-state index in [4.69, 9.17) is 5.73 Å². The van der Waals surface area contributed by atoms with Gasteiger partial charge in [-0.15, -0.1) is 0 Å². The first-order valence-corrected chi connectivity index (χ1v) is 5.70. The summed E-state index contributed by atoms with van der Waals surface area (Å²) in [5, 5.41) is 4.48. The quantitative estimate of drug-likeness (QED) is 0.786. The molecule has 1 heterocycles. The minimum absolute atomic E-state index is 0.721. The summed E-state index contributed by atoms with van der Waals surface area (Å²) in [6.45, 7) is 1.90. The summed E-state index contributed by atoms with van der Waals surface area (Å²) in [6, 6.07) is 7.85. The molecule has 4 nitrogen and oxygen atoms in total. The van der Waals surface area contributed by atoms with Crippen molar-refractivity contribution in [2.45, 2.75) is 0 Å². The number of benzene rings is 1. The van der Waals surface area contributed by atoms with Crippen LogP contribution in [-0.4, -0.2) is 37.1 Å². The van der Waals surface area contributed by atoms with Crippen LogP contribution in [0.2, 0.25) is 0 Å². The Labute approximate surface area is 101 Å². The van der Waals surface area contributed by atoms with Crippen LogP contribution in [0.3, 0.4) is 0 Å². The molecule has 2 aromatic rings. The second-order valence-electron chi connectivity index (χ2n) is 4.33. The van der Waals surface area contributed by atoms with E-state index in [2.05, 4.69) is 29.3 Å². The number of pyridine rings is 1. The Balaban J connectivity index is 2.25. The Bertz CT molecular complexity index is 508. The summed E-state index contributed by atoms with van der Waals surface area (Å²) in [6.07, 6.45) is 1.79. The van der Waals surface area contributed by atoms with Gasteiger partial charge in [-0.3, -0.25) is 4.98 Å². The summed E-state index contributed by atoms with van der Waals surface area (Å²) in [4.78, 5) is 6.45. The second kappa shape index (κ2) is 5.01. The summed E-state index contributed by atoms with van der Waals surface area (Å²) in [7, 11) is 4.12. The predicted molar refractivity (Wildman–Crippen MR) is 73.2 cm³/mol. The number of fused-ring (bicyclic) bond motifs is 1. The first-order chi connectivity index (χ1) is 8.18. The molecule has 17 heavy (non-hydrogen) atoms. The van der Waals surface area contributed by atoms with Gasteiger partial charge in [0.2, 0.25) is 0 Å². The van der Waals surface area contributed by atoms with Crippen LogP contribution in [0.5, 0.6) is 0 Å². The molecule has 0 aliphatic carbocycles. The molecule has 0 aliphatic heterocycles. The number of rotatable bonds is 4. The molecular weight excluding hydrogens is 212 g/mol. The maximum Gasteiger partial charge on any atom is 0.0951 e. The van der Waals surface area contributed by atoms with E-state index in [0.717, 1.165) is 35.4 Å². The Kier molecular flexibility index (Phi) is 3.44. The monoisotopic (exact) mass is 230 g/mol. The SMILES string of the molecule is CN(C)CCNc1ccnc2c(N)cccc12. The zero-order valence-corrected chi connectivity index (χ0v) is 10.3. The molecule has 2 rings (SSSR count). The average molecular weight is 230 g/mol. The molecule has 3 N–H and O–H groups in total. The van der Waals surface area contributed by atoms with E-state index < -0.39 is 0 Å². The molecular formula is C13H18N4. The molecule has 0 aliphatic rings. The van der Waals surface area contributed by atoms with Crippen LogP contribution in [0.1, 0.15) is 0 Å². The lowest BCUT2D eigenvalue weighted by atomic mass is 10.1. The van der Waals surface area contributed by atoms with Crippen LogP contribution >= 0.6 is 0 Å².